The molecule has 2 aliphatic heterocycles. The highest BCUT2D eigenvalue weighted by Crippen LogP contribution is 2.64. The molecule has 1 aromatic carbocycles. The van der Waals surface area contributed by atoms with Gasteiger partial charge in [-0.25, -0.2) is 0 Å². The van der Waals surface area contributed by atoms with Gasteiger partial charge in [-0.05, 0) is 48.1 Å². The molecule has 5 atom stereocenters. The van der Waals surface area contributed by atoms with Crippen molar-refractivity contribution in [3.05, 3.63) is 34.9 Å². The molecule has 0 aromatic heterocycles. The normalized spacial score (nSPS) is 26.6. The minimum atomic E-state index is -1.15. The number of benzene rings is 1. The molecule has 4 amide bonds. The van der Waals surface area contributed by atoms with E-state index in [1.54, 1.807) is 11.0 Å². The van der Waals surface area contributed by atoms with Crippen molar-refractivity contribution in [3.63, 3.8) is 0 Å². The minimum absolute atomic E-state index is 0.0349. The van der Waals surface area contributed by atoms with Crippen molar-refractivity contribution in [2.45, 2.75) is 51.6 Å². The first-order valence-electron chi connectivity index (χ1n) is 12.4. The SMILES string of the molecule is CNC(=O)C(=O)[C@H](C[C@@H]1CCNC1=O)NC(=O)C1[C@@H]2[C@H](CN1C(=O)CCc1ccccc1Cl)C2(C)C. The third-order valence-electron chi connectivity index (χ3n) is 8.13. The number of fused-ring (bicyclic) bond motifs is 1. The lowest BCUT2D eigenvalue weighted by atomic mass is 9.94. The van der Waals surface area contributed by atoms with E-state index in [0.717, 1.165) is 5.56 Å². The van der Waals surface area contributed by atoms with Crippen LogP contribution in [0.4, 0.5) is 0 Å². The molecule has 2 heterocycles. The van der Waals surface area contributed by atoms with E-state index in [0.29, 0.717) is 31.0 Å². The second-order valence-corrected chi connectivity index (χ2v) is 11.0. The Morgan fingerprint density at radius 2 is 1.94 bits per heavy atom. The summed E-state index contributed by atoms with van der Waals surface area (Å²) in [6, 6.07) is 5.46. The molecule has 1 aliphatic carbocycles. The number of likely N-dealkylation sites (tertiary alicyclic amines) is 1. The van der Waals surface area contributed by atoms with Crippen LogP contribution in [0.1, 0.15) is 38.7 Å². The number of likely N-dealkylation sites (N-methyl/N-ethyl adjacent to an activating group) is 1. The number of amides is 4. The summed E-state index contributed by atoms with van der Waals surface area (Å²) in [5, 5.41) is 8.35. The van der Waals surface area contributed by atoms with Crippen LogP contribution in [0, 0.1) is 23.2 Å². The fourth-order valence-electron chi connectivity index (χ4n) is 5.85. The predicted octanol–water partition coefficient (Wildman–Crippen LogP) is 1.08. The van der Waals surface area contributed by atoms with Crippen LogP contribution in [0.15, 0.2) is 24.3 Å². The molecule has 36 heavy (non-hydrogen) atoms. The number of aryl methyl sites for hydroxylation is 1. The third-order valence-corrected chi connectivity index (χ3v) is 8.50. The van der Waals surface area contributed by atoms with Crippen LogP contribution in [0.25, 0.3) is 0 Å². The van der Waals surface area contributed by atoms with Gasteiger partial charge in [0.1, 0.15) is 6.04 Å². The summed E-state index contributed by atoms with van der Waals surface area (Å²) in [7, 11) is 1.34. The largest absolute Gasteiger partial charge is 0.356 e. The van der Waals surface area contributed by atoms with Gasteiger partial charge in [-0.15, -0.1) is 0 Å². The zero-order valence-electron chi connectivity index (χ0n) is 20.8. The topological polar surface area (TPSA) is 125 Å². The molecule has 4 rings (SSSR count). The van der Waals surface area contributed by atoms with Crippen molar-refractivity contribution >= 4 is 41.0 Å². The van der Waals surface area contributed by atoms with Crippen LogP contribution < -0.4 is 16.0 Å². The second kappa shape index (κ2) is 10.2. The summed E-state index contributed by atoms with van der Waals surface area (Å²) in [6.45, 7) is 5.11. The predicted molar refractivity (Wildman–Crippen MR) is 133 cm³/mol. The number of piperidine rings is 1. The maximum Gasteiger partial charge on any atom is 0.289 e. The third kappa shape index (κ3) is 4.98. The quantitative estimate of drug-likeness (QED) is 0.424. The Kier molecular flexibility index (Phi) is 7.41. The lowest BCUT2D eigenvalue weighted by Crippen LogP contribution is -2.55. The van der Waals surface area contributed by atoms with Crippen LogP contribution in [0.3, 0.4) is 0 Å². The first-order chi connectivity index (χ1) is 17.1. The number of hydrogen-bond acceptors (Lipinski definition) is 5. The molecule has 2 saturated heterocycles. The molecular formula is C26H33ClN4O5. The molecular weight excluding hydrogens is 484 g/mol. The van der Waals surface area contributed by atoms with E-state index >= 15 is 0 Å². The molecule has 0 radical (unpaired) electrons. The fourth-order valence-corrected chi connectivity index (χ4v) is 6.08. The standard InChI is InChI=1S/C26H33ClN4O5/c1-26(2)16-13-31(19(32)9-8-14-6-4-5-7-17(14)27)21(20(16)26)24(35)30-18(22(33)25(36)28-3)12-15-10-11-29-23(15)34/h4-7,15-16,18,20-21H,8-13H2,1-3H3,(H,28,36)(H,29,34)(H,30,35)/t15-,16-,18-,20-,21?/m0/s1. The number of hydrogen-bond donors (Lipinski definition) is 3. The summed E-state index contributed by atoms with van der Waals surface area (Å²) >= 11 is 6.24. The number of carbonyl (C=O) groups excluding carboxylic acids is 5. The van der Waals surface area contributed by atoms with Gasteiger partial charge in [-0.2, -0.15) is 0 Å². The Labute approximate surface area is 215 Å². The van der Waals surface area contributed by atoms with E-state index in [1.807, 2.05) is 18.2 Å². The second-order valence-electron chi connectivity index (χ2n) is 10.6. The average molecular weight is 517 g/mol. The van der Waals surface area contributed by atoms with E-state index in [1.165, 1.54) is 7.05 Å². The van der Waals surface area contributed by atoms with Gasteiger partial charge in [0.25, 0.3) is 5.91 Å². The maximum atomic E-state index is 13.6. The molecule has 3 N–H and O–H groups in total. The number of halogens is 1. The number of rotatable bonds is 9. The molecule has 0 bridgehead atoms. The van der Waals surface area contributed by atoms with E-state index < -0.39 is 35.6 Å². The van der Waals surface area contributed by atoms with Crippen LogP contribution in [-0.4, -0.2) is 66.5 Å². The first kappa shape index (κ1) is 26.1. The molecule has 3 aliphatic rings. The zero-order valence-corrected chi connectivity index (χ0v) is 21.6. The van der Waals surface area contributed by atoms with Crippen molar-refractivity contribution in [1.82, 2.24) is 20.9 Å². The lowest BCUT2D eigenvalue weighted by molar-refractivity contribution is -0.143. The van der Waals surface area contributed by atoms with E-state index in [2.05, 4.69) is 29.8 Å². The summed E-state index contributed by atoms with van der Waals surface area (Å²) in [6.07, 6.45) is 1.22. The van der Waals surface area contributed by atoms with E-state index in [4.69, 9.17) is 11.6 Å². The minimum Gasteiger partial charge on any atom is -0.356 e. The zero-order chi connectivity index (χ0) is 26.2. The molecule has 0 spiro atoms. The molecule has 9 nitrogen and oxygen atoms in total. The van der Waals surface area contributed by atoms with E-state index in [-0.39, 0.29) is 41.9 Å². The van der Waals surface area contributed by atoms with Gasteiger partial charge in [0.2, 0.25) is 23.5 Å². The highest BCUT2D eigenvalue weighted by atomic mass is 35.5. The van der Waals surface area contributed by atoms with Crippen molar-refractivity contribution in [1.29, 1.82) is 0 Å². The average Bonchev–Trinajstić information content (AvgIpc) is 3.21. The van der Waals surface area contributed by atoms with Gasteiger partial charge in [-0.1, -0.05) is 43.6 Å². The number of ketones is 1. The van der Waals surface area contributed by atoms with Crippen molar-refractivity contribution in [2.24, 2.45) is 23.2 Å². The number of carbonyl (C=O) groups is 5. The van der Waals surface area contributed by atoms with Gasteiger partial charge in [0.15, 0.2) is 0 Å². The Morgan fingerprint density at radius 3 is 2.58 bits per heavy atom. The lowest BCUT2D eigenvalue weighted by Gasteiger charge is -2.31. The number of nitrogens with one attached hydrogen (secondary N) is 3. The summed E-state index contributed by atoms with van der Waals surface area (Å²) in [5.41, 5.74) is 0.761. The van der Waals surface area contributed by atoms with Gasteiger partial charge in [0, 0.05) is 37.5 Å². The first-order valence-corrected chi connectivity index (χ1v) is 12.8. The summed E-state index contributed by atoms with van der Waals surface area (Å²) in [4.78, 5) is 65.5. The fraction of sp³-hybridized carbons (Fsp3) is 0.577. The van der Waals surface area contributed by atoms with Crippen molar-refractivity contribution in [2.75, 3.05) is 20.1 Å². The molecule has 3 fully saturated rings. The smallest absolute Gasteiger partial charge is 0.289 e. The Balaban J connectivity index is 1.49. The monoisotopic (exact) mass is 516 g/mol. The highest BCUT2D eigenvalue weighted by molar-refractivity contribution is 6.38. The molecule has 1 unspecified atom stereocenters. The Bertz CT molecular complexity index is 1090. The molecule has 1 saturated carbocycles. The Hall–Kier alpha value is -2.94. The number of nitrogens with zero attached hydrogens (tertiary/aromatic N) is 1. The van der Waals surface area contributed by atoms with Gasteiger partial charge < -0.3 is 20.9 Å². The van der Waals surface area contributed by atoms with Gasteiger partial charge in [-0.3, -0.25) is 24.0 Å². The van der Waals surface area contributed by atoms with Gasteiger partial charge >= 0.3 is 0 Å². The van der Waals surface area contributed by atoms with Crippen molar-refractivity contribution < 1.29 is 24.0 Å². The molecule has 194 valence electrons. The van der Waals surface area contributed by atoms with Crippen LogP contribution >= 0.6 is 11.6 Å². The summed E-state index contributed by atoms with van der Waals surface area (Å²) in [5.74, 6) is -2.75. The van der Waals surface area contributed by atoms with Crippen LogP contribution in [0.2, 0.25) is 5.02 Å². The van der Waals surface area contributed by atoms with Gasteiger partial charge in [0.05, 0.1) is 6.04 Å². The van der Waals surface area contributed by atoms with Crippen molar-refractivity contribution in [3.8, 4) is 0 Å². The maximum absolute atomic E-state index is 13.6. The molecule has 1 aromatic rings. The van der Waals surface area contributed by atoms with Crippen LogP contribution in [0.5, 0.6) is 0 Å². The van der Waals surface area contributed by atoms with Crippen LogP contribution in [-0.2, 0) is 30.4 Å². The Morgan fingerprint density at radius 1 is 1.22 bits per heavy atom. The number of Topliss-reactive ketones (excluding diaryl/α,β-unsaturated/α-hetero) is 1. The van der Waals surface area contributed by atoms with E-state index in [9.17, 15) is 24.0 Å². The highest BCUT2D eigenvalue weighted by Gasteiger charge is 2.69. The molecule has 10 heteroatoms. The summed E-state index contributed by atoms with van der Waals surface area (Å²) < 4.78 is 0.